The van der Waals surface area contributed by atoms with Crippen LogP contribution in [-0.4, -0.2) is 25.1 Å². The number of rotatable bonds is 4. The summed E-state index contributed by atoms with van der Waals surface area (Å²) < 4.78 is 5.33. The molecule has 3 N–H and O–H groups in total. The lowest BCUT2D eigenvalue weighted by molar-refractivity contribution is -0.122. The molecule has 1 amide bonds. The molecule has 2 fully saturated rings. The van der Waals surface area contributed by atoms with Crippen LogP contribution >= 0.6 is 0 Å². The average molecular weight is 302 g/mol. The van der Waals surface area contributed by atoms with E-state index in [9.17, 15) is 4.79 Å². The average Bonchev–Trinajstić information content (AvgIpc) is 2.49. The molecule has 2 aliphatic rings. The Kier molecular flexibility index (Phi) is 4.67. The highest BCUT2D eigenvalue weighted by Crippen LogP contribution is 2.39. The first-order valence-corrected chi connectivity index (χ1v) is 8.34. The van der Waals surface area contributed by atoms with E-state index in [0.29, 0.717) is 30.3 Å². The van der Waals surface area contributed by atoms with Crippen LogP contribution < -0.4 is 15.8 Å². The summed E-state index contributed by atoms with van der Waals surface area (Å²) in [6, 6.07) is 8.35. The molecule has 1 aromatic carbocycles. The number of benzene rings is 1. The third kappa shape index (κ3) is 3.27. The lowest BCUT2D eigenvalue weighted by atomic mass is 9.67. The van der Waals surface area contributed by atoms with E-state index >= 15 is 0 Å². The zero-order valence-electron chi connectivity index (χ0n) is 13.3. The van der Waals surface area contributed by atoms with Crippen LogP contribution in [0, 0.1) is 11.8 Å². The zero-order valence-corrected chi connectivity index (χ0v) is 13.3. The van der Waals surface area contributed by atoms with Gasteiger partial charge in [-0.25, -0.2) is 0 Å². The van der Waals surface area contributed by atoms with Gasteiger partial charge in [-0.15, -0.1) is 0 Å². The maximum absolute atomic E-state index is 12.5. The topological polar surface area (TPSA) is 64.3 Å². The summed E-state index contributed by atoms with van der Waals surface area (Å²) in [5, 5.41) is 3.29. The quantitative estimate of drug-likeness (QED) is 0.896. The van der Waals surface area contributed by atoms with Crippen molar-refractivity contribution >= 4 is 5.91 Å². The van der Waals surface area contributed by atoms with Crippen LogP contribution in [0.25, 0.3) is 0 Å². The summed E-state index contributed by atoms with van der Waals surface area (Å²) in [6.07, 6.45) is 6.16. The Morgan fingerprint density at radius 3 is 2.64 bits per heavy atom. The Morgan fingerprint density at radius 2 is 1.95 bits per heavy atom. The number of carbonyl (C=O) groups excluding carboxylic acids is 1. The second kappa shape index (κ2) is 6.69. The van der Waals surface area contributed by atoms with E-state index < -0.39 is 0 Å². The minimum absolute atomic E-state index is 0.0990. The highest BCUT2D eigenvalue weighted by atomic mass is 16.5. The van der Waals surface area contributed by atoms with Gasteiger partial charge in [-0.3, -0.25) is 4.79 Å². The van der Waals surface area contributed by atoms with Gasteiger partial charge in [-0.05, 0) is 43.6 Å². The fraction of sp³-hybridized carbons (Fsp3) is 0.611. The van der Waals surface area contributed by atoms with E-state index in [1.165, 1.54) is 19.3 Å². The van der Waals surface area contributed by atoms with E-state index in [4.69, 9.17) is 10.5 Å². The van der Waals surface area contributed by atoms with Crippen LogP contribution in [0.15, 0.2) is 24.3 Å². The van der Waals surface area contributed by atoms with E-state index in [1.54, 1.807) is 7.11 Å². The van der Waals surface area contributed by atoms with Gasteiger partial charge in [0.1, 0.15) is 5.75 Å². The molecular formula is C18H26N2O2. The molecular weight excluding hydrogens is 276 g/mol. The summed E-state index contributed by atoms with van der Waals surface area (Å²) in [5.41, 5.74) is 7.09. The summed E-state index contributed by atoms with van der Waals surface area (Å²) in [7, 11) is 1.64. The molecule has 2 saturated carbocycles. The minimum Gasteiger partial charge on any atom is -0.496 e. The molecule has 1 aromatic rings. The van der Waals surface area contributed by atoms with Crippen LogP contribution in [0.1, 0.15) is 37.7 Å². The Bertz CT molecular complexity index is 518. The van der Waals surface area contributed by atoms with Crippen molar-refractivity contribution in [2.75, 3.05) is 7.11 Å². The Balaban J connectivity index is 1.64. The van der Waals surface area contributed by atoms with Crippen molar-refractivity contribution in [2.24, 2.45) is 17.6 Å². The second-order valence-electron chi connectivity index (χ2n) is 6.76. The molecule has 3 rings (SSSR count). The molecule has 0 aliphatic heterocycles. The first kappa shape index (κ1) is 15.3. The van der Waals surface area contributed by atoms with Crippen molar-refractivity contribution < 1.29 is 9.53 Å². The van der Waals surface area contributed by atoms with Crippen LogP contribution in [0.5, 0.6) is 5.75 Å². The summed E-state index contributed by atoms with van der Waals surface area (Å²) >= 11 is 0. The lowest BCUT2D eigenvalue weighted by Crippen LogP contribution is -2.54. The van der Waals surface area contributed by atoms with Gasteiger partial charge in [0.25, 0.3) is 0 Å². The normalized spacial score (nSPS) is 30.6. The van der Waals surface area contributed by atoms with Gasteiger partial charge in [-0.2, -0.15) is 0 Å². The number of methoxy groups -OCH3 is 1. The fourth-order valence-electron chi connectivity index (χ4n) is 4.28. The molecule has 0 saturated heterocycles. The highest BCUT2D eigenvalue weighted by Gasteiger charge is 2.39. The first-order valence-electron chi connectivity index (χ1n) is 8.34. The Morgan fingerprint density at radius 1 is 1.27 bits per heavy atom. The summed E-state index contributed by atoms with van der Waals surface area (Å²) in [5.74, 6) is 2.00. The molecule has 2 aliphatic carbocycles. The number of nitrogens with two attached hydrogens (primary N) is 1. The van der Waals surface area contributed by atoms with Gasteiger partial charge in [0.05, 0.1) is 13.5 Å². The van der Waals surface area contributed by atoms with Crippen molar-refractivity contribution in [2.45, 2.75) is 50.6 Å². The van der Waals surface area contributed by atoms with Crippen molar-refractivity contribution in [3.05, 3.63) is 29.8 Å². The van der Waals surface area contributed by atoms with Crippen molar-refractivity contribution in [1.82, 2.24) is 5.32 Å². The van der Waals surface area contributed by atoms with Gasteiger partial charge in [-0.1, -0.05) is 24.6 Å². The lowest BCUT2D eigenvalue weighted by Gasteiger charge is -2.45. The van der Waals surface area contributed by atoms with Gasteiger partial charge in [0.15, 0.2) is 0 Å². The summed E-state index contributed by atoms with van der Waals surface area (Å²) in [6.45, 7) is 0. The van der Waals surface area contributed by atoms with E-state index in [-0.39, 0.29) is 5.91 Å². The van der Waals surface area contributed by atoms with Crippen molar-refractivity contribution in [3.63, 3.8) is 0 Å². The molecule has 0 spiro atoms. The molecule has 4 nitrogen and oxygen atoms in total. The standard InChI is InChI=1S/C18H26N2O2/c1-22-16-8-3-2-5-12(16)11-17(21)20-18-13-6-4-7-14(18)10-15(19)9-13/h2-3,5,8,13-15,18H,4,6-7,9-11,19H2,1H3,(H,20,21). The summed E-state index contributed by atoms with van der Waals surface area (Å²) in [4.78, 5) is 12.5. The number of para-hydroxylation sites is 1. The fourth-order valence-corrected chi connectivity index (χ4v) is 4.28. The largest absolute Gasteiger partial charge is 0.496 e. The monoisotopic (exact) mass is 302 g/mol. The van der Waals surface area contributed by atoms with Crippen LogP contribution in [0.4, 0.5) is 0 Å². The molecule has 2 atom stereocenters. The van der Waals surface area contributed by atoms with Crippen LogP contribution in [0.2, 0.25) is 0 Å². The predicted octanol–water partition coefficient (Wildman–Crippen LogP) is 2.26. The molecule has 0 radical (unpaired) electrons. The maximum atomic E-state index is 12.5. The zero-order chi connectivity index (χ0) is 15.5. The van der Waals surface area contributed by atoms with Crippen LogP contribution in [-0.2, 0) is 11.2 Å². The minimum atomic E-state index is 0.0990. The van der Waals surface area contributed by atoms with Gasteiger partial charge in [0, 0.05) is 17.6 Å². The Labute approximate surface area is 132 Å². The number of hydrogen-bond donors (Lipinski definition) is 2. The number of fused-ring (bicyclic) bond motifs is 2. The number of hydrogen-bond acceptors (Lipinski definition) is 3. The third-order valence-corrected chi connectivity index (χ3v) is 5.25. The predicted molar refractivity (Wildman–Crippen MR) is 86.7 cm³/mol. The van der Waals surface area contributed by atoms with E-state index in [0.717, 1.165) is 24.2 Å². The molecule has 4 heteroatoms. The molecule has 0 aromatic heterocycles. The van der Waals surface area contributed by atoms with Crippen molar-refractivity contribution in [1.29, 1.82) is 0 Å². The molecule has 0 heterocycles. The highest BCUT2D eigenvalue weighted by molar-refractivity contribution is 5.79. The van der Waals surface area contributed by atoms with Gasteiger partial charge in [0.2, 0.25) is 5.91 Å². The van der Waals surface area contributed by atoms with Crippen LogP contribution in [0.3, 0.4) is 0 Å². The maximum Gasteiger partial charge on any atom is 0.224 e. The smallest absolute Gasteiger partial charge is 0.224 e. The molecule has 2 unspecified atom stereocenters. The number of nitrogens with one attached hydrogen (secondary N) is 1. The molecule has 22 heavy (non-hydrogen) atoms. The number of amides is 1. The second-order valence-corrected chi connectivity index (χ2v) is 6.76. The Hall–Kier alpha value is -1.55. The molecule has 120 valence electrons. The van der Waals surface area contributed by atoms with E-state index in [2.05, 4.69) is 5.32 Å². The van der Waals surface area contributed by atoms with Gasteiger partial charge < -0.3 is 15.8 Å². The van der Waals surface area contributed by atoms with E-state index in [1.807, 2.05) is 24.3 Å². The molecule has 2 bridgehead atoms. The third-order valence-electron chi connectivity index (χ3n) is 5.25. The first-order chi connectivity index (χ1) is 10.7. The van der Waals surface area contributed by atoms with Gasteiger partial charge >= 0.3 is 0 Å². The number of ether oxygens (including phenoxy) is 1. The SMILES string of the molecule is COc1ccccc1CC(=O)NC1C2CCCC1CC(N)C2. The number of carbonyl (C=O) groups is 1. The van der Waals surface area contributed by atoms with Crippen molar-refractivity contribution in [3.8, 4) is 5.75 Å².